The summed E-state index contributed by atoms with van der Waals surface area (Å²) < 4.78 is 31.6. The molecule has 0 fully saturated rings. The molecule has 8 N–H and O–H groups in total. The van der Waals surface area contributed by atoms with E-state index in [1.54, 1.807) is 12.1 Å². The van der Waals surface area contributed by atoms with Crippen LogP contribution < -0.4 is 10.6 Å². The van der Waals surface area contributed by atoms with E-state index in [2.05, 4.69) is 52.2 Å². The highest BCUT2D eigenvalue weighted by Crippen LogP contribution is 2.19. The van der Waals surface area contributed by atoms with Crippen molar-refractivity contribution in [3.8, 4) is 11.5 Å². The van der Waals surface area contributed by atoms with Gasteiger partial charge in [0.15, 0.2) is 0 Å². The summed E-state index contributed by atoms with van der Waals surface area (Å²) in [6.45, 7) is 14.3. The van der Waals surface area contributed by atoms with E-state index in [0.717, 1.165) is 37.1 Å². The summed E-state index contributed by atoms with van der Waals surface area (Å²) in [5.74, 6) is 0.324. The molecule has 0 atom stereocenters. The average molecular weight is 545 g/mol. The number of aliphatic hydroxyl groups excluding tert-OH is 2. The normalized spacial score (nSPS) is 11.7. The molecular weight excluding hydrogens is 500 g/mol. The number of nitrogens with one attached hydrogen (secondary N) is 2. The van der Waals surface area contributed by atoms with E-state index < -0.39 is 10.4 Å². The first kappa shape index (κ1) is 34.8. The fourth-order valence-corrected chi connectivity index (χ4v) is 3.01. The lowest BCUT2D eigenvalue weighted by atomic mass is 10.1. The van der Waals surface area contributed by atoms with Crippen molar-refractivity contribution in [2.75, 3.05) is 13.1 Å². The summed E-state index contributed by atoms with van der Waals surface area (Å²) in [6, 6.07) is 10.7. The zero-order valence-corrected chi connectivity index (χ0v) is 23.4. The Labute approximate surface area is 221 Å². The van der Waals surface area contributed by atoms with Crippen molar-refractivity contribution in [1.29, 1.82) is 0 Å². The number of rotatable bonds is 8. The summed E-state index contributed by atoms with van der Waals surface area (Å²) in [5.41, 5.74) is 3.67. The molecule has 0 aliphatic heterocycles. The van der Waals surface area contributed by atoms with Crippen LogP contribution in [0.5, 0.6) is 11.5 Å². The number of aromatic hydroxyl groups is 2. The van der Waals surface area contributed by atoms with E-state index >= 15 is 0 Å². The Morgan fingerprint density at radius 2 is 0.973 bits per heavy atom. The van der Waals surface area contributed by atoms with Gasteiger partial charge in [0.25, 0.3) is 0 Å². The number of aliphatic hydroxyl groups is 2. The molecule has 0 heterocycles. The smallest absolute Gasteiger partial charge is 0.394 e. The van der Waals surface area contributed by atoms with Gasteiger partial charge in [-0.15, -0.1) is 0 Å². The predicted molar refractivity (Wildman–Crippen MR) is 145 cm³/mol. The van der Waals surface area contributed by atoms with Crippen molar-refractivity contribution < 1.29 is 37.9 Å². The summed E-state index contributed by atoms with van der Waals surface area (Å²) in [7, 11) is -4.67. The van der Waals surface area contributed by atoms with Gasteiger partial charge in [-0.1, -0.05) is 12.1 Å². The Kier molecular flexibility index (Phi) is 14.9. The Bertz CT molecular complexity index is 968. The molecule has 0 amide bonds. The third-order valence-corrected chi connectivity index (χ3v) is 4.77. The Balaban J connectivity index is 0.000000594. The molecule has 2 rings (SSSR count). The largest absolute Gasteiger partial charge is 0.508 e. The first-order chi connectivity index (χ1) is 16.8. The van der Waals surface area contributed by atoms with E-state index in [-0.39, 0.29) is 35.8 Å². The van der Waals surface area contributed by atoms with Crippen LogP contribution in [-0.2, 0) is 36.5 Å². The maximum Gasteiger partial charge on any atom is 0.394 e. The van der Waals surface area contributed by atoms with Crippen LogP contribution in [0.25, 0.3) is 0 Å². The topological polar surface area (TPSA) is 180 Å². The van der Waals surface area contributed by atoms with Gasteiger partial charge in [0.1, 0.15) is 11.5 Å². The highest BCUT2D eigenvalue weighted by Gasteiger charge is 2.09. The van der Waals surface area contributed by atoms with E-state index in [9.17, 15) is 10.2 Å². The number of benzene rings is 2. The van der Waals surface area contributed by atoms with Crippen LogP contribution in [0.2, 0.25) is 0 Å². The van der Waals surface area contributed by atoms with Gasteiger partial charge in [0, 0.05) is 22.2 Å². The minimum atomic E-state index is -4.67. The molecule has 10 nitrogen and oxygen atoms in total. The molecule has 11 heteroatoms. The lowest BCUT2D eigenvalue weighted by Crippen LogP contribution is -2.37. The SMILES string of the molecule is CC(C)(C)NCCc1ccc(O)c(CO)c1.CC(C)(C)NCCc1ccc(O)c(CO)c1.O=S(=O)(O)O. The Hall–Kier alpha value is -2.25. The molecule has 0 spiro atoms. The lowest BCUT2D eigenvalue weighted by Gasteiger charge is -2.20. The van der Waals surface area contributed by atoms with Gasteiger partial charge in [-0.05, 0) is 103 Å². The molecule has 0 aromatic heterocycles. The van der Waals surface area contributed by atoms with Crippen molar-refractivity contribution in [2.24, 2.45) is 0 Å². The molecule has 0 radical (unpaired) electrons. The standard InChI is InChI=1S/2C13H21NO2.H2O4S/c2*1-13(2,3)14-7-6-10-4-5-12(16)11(8-10)9-15;1-5(2,3)4/h2*4-5,8,14-16H,6-7,9H2,1-3H3;(H2,1,2,3,4). The summed E-state index contributed by atoms with van der Waals surface area (Å²) in [6.07, 6.45) is 1.79. The van der Waals surface area contributed by atoms with E-state index in [1.165, 1.54) is 0 Å². The summed E-state index contributed by atoms with van der Waals surface area (Å²) in [5, 5.41) is 43.7. The van der Waals surface area contributed by atoms with E-state index in [4.69, 9.17) is 27.7 Å². The summed E-state index contributed by atoms with van der Waals surface area (Å²) in [4.78, 5) is 0. The second-order valence-electron chi connectivity index (χ2n) is 10.5. The third kappa shape index (κ3) is 19.5. The molecule has 0 saturated heterocycles. The van der Waals surface area contributed by atoms with Gasteiger partial charge >= 0.3 is 10.4 Å². The molecule has 0 aliphatic rings. The zero-order chi connectivity index (χ0) is 28.9. The number of hydrogen-bond donors (Lipinski definition) is 8. The maximum atomic E-state index is 9.41. The minimum Gasteiger partial charge on any atom is -0.508 e. The van der Waals surface area contributed by atoms with Crippen molar-refractivity contribution >= 4 is 10.4 Å². The number of hydrogen-bond acceptors (Lipinski definition) is 8. The van der Waals surface area contributed by atoms with Gasteiger partial charge in [0.05, 0.1) is 13.2 Å². The molecule has 0 unspecified atom stereocenters. The highest BCUT2D eigenvalue weighted by molar-refractivity contribution is 7.79. The third-order valence-electron chi connectivity index (χ3n) is 4.77. The highest BCUT2D eigenvalue weighted by atomic mass is 32.3. The van der Waals surface area contributed by atoms with E-state index in [0.29, 0.717) is 11.1 Å². The molecule has 2 aromatic carbocycles. The van der Waals surface area contributed by atoms with Crippen LogP contribution in [0.1, 0.15) is 63.8 Å². The fourth-order valence-electron chi connectivity index (χ4n) is 3.01. The first-order valence-electron chi connectivity index (χ1n) is 11.9. The molecular formula is C26H44N2O8S. The fraction of sp³-hybridized carbons (Fsp3) is 0.538. The van der Waals surface area contributed by atoms with Crippen LogP contribution in [0.15, 0.2) is 36.4 Å². The number of phenols is 2. The maximum absolute atomic E-state index is 9.41. The molecule has 212 valence electrons. The van der Waals surface area contributed by atoms with Crippen LogP contribution in [0, 0.1) is 0 Å². The van der Waals surface area contributed by atoms with Gasteiger partial charge in [0.2, 0.25) is 0 Å². The molecule has 37 heavy (non-hydrogen) atoms. The van der Waals surface area contributed by atoms with Crippen LogP contribution >= 0.6 is 0 Å². The quantitative estimate of drug-likeness (QED) is 0.230. The second-order valence-corrected chi connectivity index (χ2v) is 11.4. The van der Waals surface area contributed by atoms with Gasteiger partial charge in [-0.25, -0.2) is 0 Å². The molecule has 0 aliphatic carbocycles. The van der Waals surface area contributed by atoms with Crippen molar-refractivity contribution in [3.63, 3.8) is 0 Å². The molecule has 0 saturated carbocycles. The Morgan fingerprint density at radius 1 is 0.676 bits per heavy atom. The van der Waals surface area contributed by atoms with Crippen molar-refractivity contribution in [2.45, 2.75) is 78.7 Å². The van der Waals surface area contributed by atoms with Crippen molar-refractivity contribution in [3.05, 3.63) is 58.7 Å². The van der Waals surface area contributed by atoms with Crippen LogP contribution in [-0.4, -0.2) is 62.1 Å². The van der Waals surface area contributed by atoms with E-state index in [1.807, 2.05) is 24.3 Å². The van der Waals surface area contributed by atoms with Gasteiger partial charge in [-0.2, -0.15) is 8.42 Å². The predicted octanol–water partition coefficient (Wildman–Crippen LogP) is 2.98. The molecule has 2 aromatic rings. The molecule has 0 bridgehead atoms. The minimum absolute atomic E-state index is 0.119. The van der Waals surface area contributed by atoms with Crippen molar-refractivity contribution in [1.82, 2.24) is 10.6 Å². The first-order valence-corrected chi connectivity index (χ1v) is 13.3. The lowest BCUT2D eigenvalue weighted by molar-refractivity contribution is 0.275. The monoisotopic (exact) mass is 544 g/mol. The Morgan fingerprint density at radius 3 is 1.22 bits per heavy atom. The second kappa shape index (κ2) is 15.9. The average Bonchev–Trinajstić information content (AvgIpc) is 2.73. The van der Waals surface area contributed by atoms with Gasteiger partial charge in [-0.3, -0.25) is 9.11 Å². The van der Waals surface area contributed by atoms with Gasteiger partial charge < -0.3 is 31.1 Å². The van der Waals surface area contributed by atoms with Crippen LogP contribution in [0.4, 0.5) is 0 Å². The zero-order valence-electron chi connectivity index (χ0n) is 22.6. The van der Waals surface area contributed by atoms with Crippen LogP contribution in [0.3, 0.4) is 0 Å². The summed E-state index contributed by atoms with van der Waals surface area (Å²) >= 11 is 0.